The van der Waals surface area contributed by atoms with Crippen molar-refractivity contribution in [2.75, 3.05) is 13.1 Å². The Morgan fingerprint density at radius 1 is 1.43 bits per heavy atom. The van der Waals surface area contributed by atoms with Crippen LogP contribution >= 0.6 is 0 Å². The van der Waals surface area contributed by atoms with E-state index in [-0.39, 0.29) is 0 Å². The number of aromatic nitrogens is 2. The number of nitrogens with zero attached hydrogens (tertiary/aromatic N) is 3. The molecule has 4 nitrogen and oxygen atoms in total. The van der Waals surface area contributed by atoms with Gasteiger partial charge in [0.05, 0.1) is 11.4 Å². The number of piperazine rings is 1. The van der Waals surface area contributed by atoms with E-state index in [9.17, 15) is 0 Å². The Balaban J connectivity index is 1.78. The normalized spacial score (nSPS) is 30.8. The fourth-order valence-corrected chi connectivity index (χ4v) is 3.90. The highest BCUT2D eigenvalue weighted by atomic mass is 15.3. The van der Waals surface area contributed by atoms with Gasteiger partial charge in [-0.05, 0) is 45.1 Å². The van der Waals surface area contributed by atoms with Crippen LogP contribution in [0.5, 0.6) is 0 Å². The molecule has 1 saturated heterocycles. The van der Waals surface area contributed by atoms with Gasteiger partial charge in [-0.25, -0.2) is 0 Å². The van der Waals surface area contributed by atoms with Crippen LogP contribution in [0.4, 0.5) is 0 Å². The van der Waals surface area contributed by atoms with Crippen LogP contribution in [-0.4, -0.2) is 39.4 Å². The van der Waals surface area contributed by atoms with E-state index in [4.69, 9.17) is 0 Å². The first kappa shape index (κ1) is 15.0. The van der Waals surface area contributed by atoms with Crippen LogP contribution < -0.4 is 5.32 Å². The minimum absolute atomic E-state index is 0.322. The number of hydrogen-bond donors (Lipinski definition) is 1. The molecule has 1 saturated carbocycles. The second kappa shape index (κ2) is 5.73. The van der Waals surface area contributed by atoms with Crippen molar-refractivity contribution < 1.29 is 0 Å². The van der Waals surface area contributed by atoms with Crippen LogP contribution in [0, 0.1) is 12.8 Å². The molecule has 118 valence electrons. The summed E-state index contributed by atoms with van der Waals surface area (Å²) in [6, 6.07) is 2.89. The first-order valence-electron chi connectivity index (χ1n) is 8.51. The molecule has 0 spiro atoms. The molecule has 2 aliphatic rings. The Labute approximate surface area is 128 Å². The molecule has 2 heterocycles. The maximum Gasteiger partial charge on any atom is 0.0597 e. The molecule has 1 aromatic heterocycles. The minimum Gasteiger partial charge on any atom is -0.311 e. The lowest BCUT2D eigenvalue weighted by atomic mass is 9.88. The van der Waals surface area contributed by atoms with Crippen molar-refractivity contribution in [3.8, 4) is 0 Å². The SMILES string of the molecule is CCCC1CN(Cc2cc(C)nn2C)C(C)(C2CC2)CN1. The van der Waals surface area contributed by atoms with Gasteiger partial charge in [-0.15, -0.1) is 0 Å². The third-order valence-electron chi connectivity index (χ3n) is 5.46. The fourth-order valence-electron chi connectivity index (χ4n) is 3.90. The van der Waals surface area contributed by atoms with Gasteiger partial charge in [0.1, 0.15) is 0 Å². The lowest BCUT2D eigenvalue weighted by Crippen LogP contribution is -2.64. The van der Waals surface area contributed by atoms with Gasteiger partial charge in [0, 0.05) is 38.3 Å². The van der Waals surface area contributed by atoms with Gasteiger partial charge in [0.2, 0.25) is 0 Å². The Morgan fingerprint density at radius 3 is 2.76 bits per heavy atom. The van der Waals surface area contributed by atoms with Gasteiger partial charge in [0.15, 0.2) is 0 Å². The molecule has 2 atom stereocenters. The molecular weight excluding hydrogens is 260 g/mol. The Morgan fingerprint density at radius 2 is 2.19 bits per heavy atom. The third kappa shape index (κ3) is 3.02. The molecule has 21 heavy (non-hydrogen) atoms. The number of rotatable bonds is 5. The van der Waals surface area contributed by atoms with E-state index >= 15 is 0 Å². The summed E-state index contributed by atoms with van der Waals surface area (Å²) in [5.74, 6) is 0.877. The van der Waals surface area contributed by atoms with Gasteiger partial charge in [-0.2, -0.15) is 5.10 Å². The summed E-state index contributed by atoms with van der Waals surface area (Å²) in [4.78, 5) is 2.73. The van der Waals surface area contributed by atoms with Crippen molar-refractivity contribution in [1.29, 1.82) is 0 Å². The topological polar surface area (TPSA) is 33.1 Å². The fraction of sp³-hybridized carbons (Fsp3) is 0.824. The number of hydrogen-bond acceptors (Lipinski definition) is 3. The average Bonchev–Trinajstić information content (AvgIpc) is 3.22. The molecule has 0 amide bonds. The van der Waals surface area contributed by atoms with Crippen molar-refractivity contribution >= 4 is 0 Å². The van der Waals surface area contributed by atoms with Crippen molar-refractivity contribution in [2.24, 2.45) is 13.0 Å². The van der Waals surface area contributed by atoms with Crippen molar-refractivity contribution in [3.05, 3.63) is 17.5 Å². The second-order valence-corrected chi connectivity index (χ2v) is 7.28. The third-order valence-corrected chi connectivity index (χ3v) is 5.46. The highest BCUT2D eigenvalue weighted by Crippen LogP contribution is 2.44. The predicted molar refractivity (Wildman–Crippen MR) is 86.2 cm³/mol. The maximum absolute atomic E-state index is 4.51. The van der Waals surface area contributed by atoms with Crippen LogP contribution in [0.25, 0.3) is 0 Å². The monoisotopic (exact) mass is 290 g/mol. The van der Waals surface area contributed by atoms with E-state index in [0.29, 0.717) is 11.6 Å². The Kier molecular flexibility index (Phi) is 4.10. The summed E-state index contributed by atoms with van der Waals surface area (Å²) in [5.41, 5.74) is 2.79. The van der Waals surface area contributed by atoms with Crippen molar-refractivity contribution in [3.63, 3.8) is 0 Å². The zero-order valence-corrected chi connectivity index (χ0v) is 14.0. The van der Waals surface area contributed by atoms with Crippen LogP contribution in [0.2, 0.25) is 0 Å². The number of nitrogens with one attached hydrogen (secondary N) is 1. The average molecular weight is 290 g/mol. The van der Waals surface area contributed by atoms with Gasteiger partial charge in [0.25, 0.3) is 0 Å². The second-order valence-electron chi connectivity index (χ2n) is 7.28. The maximum atomic E-state index is 4.51. The van der Waals surface area contributed by atoms with Gasteiger partial charge >= 0.3 is 0 Å². The van der Waals surface area contributed by atoms with Crippen LogP contribution in [0.1, 0.15) is 50.9 Å². The van der Waals surface area contributed by atoms with Crippen LogP contribution in [-0.2, 0) is 13.6 Å². The van der Waals surface area contributed by atoms with Gasteiger partial charge in [-0.1, -0.05) is 13.3 Å². The molecule has 1 aromatic rings. The zero-order valence-electron chi connectivity index (χ0n) is 14.0. The first-order valence-corrected chi connectivity index (χ1v) is 8.51. The molecule has 3 rings (SSSR count). The van der Waals surface area contributed by atoms with Crippen molar-refractivity contribution in [1.82, 2.24) is 20.0 Å². The molecule has 1 aliphatic heterocycles. The molecule has 1 N–H and O–H groups in total. The van der Waals surface area contributed by atoms with E-state index < -0.39 is 0 Å². The quantitative estimate of drug-likeness (QED) is 0.904. The molecule has 1 aliphatic carbocycles. The Bertz CT molecular complexity index is 491. The summed E-state index contributed by atoms with van der Waals surface area (Å²) in [5, 5.41) is 8.32. The van der Waals surface area contributed by atoms with E-state index in [1.54, 1.807) is 0 Å². The molecule has 0 bridgehead atoms. The lowest BCUT2D eigenvalue weighted by molar-refractivity contribution is 0.0241. The van der Waals surface area contributed by atoms with Crippen LogP contribution in [0.15, 0.2) is 6.07 Å². The van der Waals surface area contributed by atoms with E-state index in [2.05, 4.69) is 53.9 Å². The standard InChI is InChI=1S/C17H30N4/c1-5-6-15-10-21(11-16-9-13(2)19-20(16)4)17(3,12-18-15)14-7-8-14/h9,14-15,18H,5-8,10-12H2,1-4H3. The molecule has 2 fully saturated rings. The summed E-state index contributed by atoms with van der Waals surface area (Å²) in [6.45, 7) is 10.2. The highest BCUT2D eigenvalue weighted by Gasteiger charge is 2.48. The molecule has 4 heteroatoms. The minimum atomic E-state index is 0.322. The largest absolute Gasteiger partial charge is 0.311 e. The summed E-state index contributed by atoms with van der Waals surface area (Å²) >= 11 is 0. The molecule has 2 unspecified atom stereocenters. The van der Waals surface area contributed by atoms with Gasteiger partial charge < -0.3 is 5.32 Å². The van der Waals surface area contributed by atoms with Crippen molar-refractivity contribution in [2.45, 2.75) is 64.6 Å². The zero-order chi connectivity index (χ0) is 15.0. The van der Waals surface area contributed by atoms with Gasteiger partial charge in [-0.3, -0.25) is 9.58 Å². The van der Waals surface area contributed by atoms with E-state index in [0.717, 1.165) is 24.7 Å². The molecular formula is C17H30N4. The van der Waals surface area contributed by atoms with E-state index in [1.165, 1.54) is 37.9 Å². The predicted octanol–water partition coefficient (Wildman–Crippen LogP) is 2.47. The smallest absolute Gasteiger partial charge is 0.0597 e. The molecule has 0 radical (unpaired) electrons. The number of aryl methyl sites for hydroxylation is 2. The lowest BCUT2D eigenvalue weighted by Gasteiger charge is -2.48. The molecule has 0 aromatic carbocycles. The highest BCUT2D eigenvalue weighted by molar-refractivity contribution is 5.12. The summed E-state index contributed by atoms with van der Waals surface area (Å²) in [6.07, 6.45) is 5.34. The summed E-state index contributed by atoms with van der Waals surface area (Å²) < 4.78 is 2.06. The van der Waals surface area contributed by atoms with E-state index in [1.807, 2.05) is 0 Å². The first-order chi connectivity index (χ1) is 10.0. The Hall–Kier alpha value is -0.870. The summed E-state index contributed by atoms with van der Waals surface area (Å²) in [7, 11) is 2.07. The van der Waals surface area contributed by atoms with Crippen LogP contribution in [0.3, 0.4) is 0 Å².